The van der Waals surface area contributed by atoms with Crippen LogP contribution in [-0.4, -0.2) is 17.8 Å². The lowest BCUT2D eigenvalue weighted by Gasteiger charge is -1.95. The molecule has 1 aliphatic rings. The van der Waals surface area contributed by atoms with Gasteiger partial charge in [-0.2, -0.15) is 5.10 Å². The molecule has 0 unspecified atom stereocenters. The van der Waals surface area contributed by atoms with Crippen molar-refractivity contribution in [1.82, 2.24) is 0 Å². The third-order valence-corrected chi connectivity index (χ3v) is 3.25. The Morgan fingerprint density at radius 3 is 2.65 bits per heavy atom. The first-order valence-corrected chi connectivity index (χ1v) is 6.40. The predicted molar refractivity (Wildman–Crippen MR) is 80.7 cm³/mol. The highest BCUT2D eigenvalue weighted by Crippen LogP contribution is 2.22. The maximum Gasteiger partial charge on any atom is 0.276 e. The minimum atomic E-state index is -0.248. The van der Waals surface area contributed by atoms with Gasteiger partial charge in [-0.3, -0.25) is 4.79 Å². The van der Waals surface area contributed by atoms with Crippen LogP contribution in [0.5, 0.6) is 0 Å². The van der Waals surface area contributed by atoms with E-state index in [1.165, 1.54) is 6.21 Å². The number of rotatable bonds is 2. The molecule has 20 heavy (non-hydrogen) atoms. The Balaban J connectivity index is 1.90. The van der Waals surface area contributed by atoms with E-state index in [1.54, 1.807) is 6.07 Å². The Morgan fingerprint density at radius 2 is 1.80 bits per heavy atom. The van der Waals surface area contributed by atoms with Crippen molar-refractivity contribution in [2.45, 2.75) is 0 Å². The van der Waals surface area contributed by atoms with Crippen molar-refractivity contribution in [1.29, 1.82) is 0 Å². The minimum Gasteiger partial charge on any atom is -0.320 e. The summed E-state index contributed by atoms with van der Waals surface area (Å²) in [6.45, 7) is 0. The second-order valence-corrected chi connectivity index (χ2v) is 4.62. The third kappa shape index (κ3) is 2.33. The zero-order chi connectivity index (χ0) is 13.9. The summed E-state index contributed by atoms with van der Waals surface area (Å²) in [5.41, 5.74) is 2.58. The SMILES string of the molecule is O=C1Nc2ccccc2/C1=N/N=C\c1ccccc1Cl. The number of amides is 1. The molecule has 0 saturated heterocycles. The largest absolute Gasteiger partial charge is 0.320 e. The molecule has 0 atom stereocenters. The molecule has 2 aromatic carbocycles. The molecule has 1 aliphatic heterocycles. The minimum absolute atomic E-state index is 0.248. The lowest BCUT2D eigenvalue weighted by molar-refractivity contribution is -0.110. The molecule has 0 aromatic heterocycles. The van der Waals surface area contributed by atoms with Crippen LogP contribution in [0.4, 0.5) is 5.69 Å². The second kappa shape index (κ2) is 5.27. The zero-order valence-corrected chi connectivity index (χ0v) is 11.1. The van der Waals surface area contributed by atoms with E-state index in [1.807, 2.05) is 42.5 Å². The van der Waals surface area contributed by atoms with Gasteiger partial charge in [0.05, 0.1) is 11.9 Å². The lowest BCUT2D eigenvalue weighted by atomic mass is 10.1. The number of benzene rings is 2. The smallest absolute Gasteiger partial charge is 0.276 e. The average molecular weight is 284 g/mol. The molecule has 2 aromatic rings. The predicted octanol–water partition coefficient (Wildman–Crippen LogP) is 3.12. The summed E-state index contributed by atoms with van der Waals surface area (Å²) in [6.07, 6.45) is 1.53. The summed E-state index contributed by atoms with van der Waals surface area (Å²) in [5, 5.41) is 11.3. The number of hydrogen-bond acceptors (Lipinski definition) is 3. The number of halogens is 1. The molecular formula is C15H10ClN3O. The molecule has 5 heteroatoms. The van der Waals surface area contributed by atoms with Crippen molar-refractivity contribution in [3.8, 4) is 0 Å². The number of carbonyl (C=O) groups excluding carboxylic acids is 1. The van der Waals surface area contributed by atoms with Crippen molar-refractivity contribution in [2.24, 2.45) is 10.2 Å². The van der Waals surface area contributed by atoms with Crippen LogP contribution in [0.3, 0.4) is 0 Å². The molecule has 1 heterocycles. The first-order valence-electron chi connectivity index (χ1n) is 6.02. The normalized spacial score (nSPS) is 15.7. The highest BCUT2D eigenvalue weighted by Gasteiger charge is 2.25. The average Bonchev–Trinajstić information content (AvgIpc) is 2.77. The second-order valence-electron chi connectivity index (χ2n) is 4.21. The molecule has 0 bridgehead atoms. The summed E-state index contributed by atoms with van der Waals surface area (Å²) >= 11 is 6.01. The van der Waals surface area contributed by atoms with Crippen LogP contribution in [0, 0.1) is 0 Å². The van der Waals surface area contributed by atoms with Gasteiger partial charge in [0.25, 0.3) is 5.91 Å². The van der Waals surface area contributed by atoms with Gasteiger partial charge in [0.2, 0.25) is 0 Å². The molecule has 0 saturated carbocycles. The fraction of sp³-hybridized carbons (Fsp3) is 0. The van der Waals surface area contributed by atoms with E-state index in [9.17, 15) is 4.79 Å². The van der Waals surface area contributed by atoms with Crippen molar-refractivity contribution in [2.75, 3.05) is 5.32 Å². The molecule has 1 amide bonds. The van der Waals surface area contributed by atoms with Gasteiger partial charge in [-0.25, -0.2) is 0 Å². The topological polar surface area (TPSA) is 53.8 Å². The van der Waals surface area contributed by atoms with E-state index in [-0.39, 0.29) is 5.91 Å². The molecule has 1 N–H and O–H groups in total. The molecule has 0 radical (unpaired) electrons. The first-order chi connectivity index (χ1) is 9.75. The molecule has 0 spiro atoms. The lowest BCUT2D eigenvalue weighted by Crippen LogP contribution is -2.13. The maximum atomic E-state index is 11.8. The van der Waals surface area contributed by atoms with Crippen LogP contribution in [0.15, 0.2) is 58.7 Å². The fourth-order valence-corrected chi connectivity index (χ4v) is 2.11. The van der Waals surface area contributed by atoms with E-state index in [0.29, 0.717) is 10.7 Å². The van der Waals surface area contributed by atoms with Crippen LogP contribution in [0.2, 0.25) is 5.02 Å². The number of carbonyl (C=O) groups is 1. The fourth-order valence-electron chi connectivity index (χ4n) is 1.93. The van der Waals surface area contributed by atoms with E-state index >= 15 is 0 Å². The standard InChI is InChI=1S/C15H10ClN3O/c16-12-7-3-1-5-10(12)9-17-19-14-11-6-2-4-8-13(11)18-15(14)20/h1-9H,(H,18,19,20)/b17-9-. The van der Waals surface area contributed by atoms with Gasteiger partial charge in [0, 0.05) is 16.1 Å². The highest BCUT2D eigenvalue weighted by molar-refractivity contribution is 6.53. The van der Waals surface area contributed by atoms with Crippen molar-refractivity contribution < 1.29 is 4.79 Å². The van der Waals surface area contributed by atoms with Gasteiger partial charge < -0.3 is 5.32 Å². The Hall–Kier alpha value is -2.46. The molecule has 0 aliphatic carbocycles. The van der Waals surface area contributed by atoms with Crippen LogP contribution in [-0.2, 0) is 4.79 Å². The van der Waals surface area contributed by atoms with Crippen molar-refractivity contribution >= 4 is 35.1 Å². The maximum absolute atomic E-state index is 11.8. The monoisotopic (exact) mass is 283 g/mol. The zero-order valence-electron chi connectivity index (χ0n) is 10.4. The molecule has 0 fully saturated rings. The first kappa shape index (κ1) is 12.6. The van der Waals surface area contributed by atoms with Gasteiger partial charge in [-0.1, -0.05) is 48.0 Å². The Kier molecular flexibility index (Phi) is 3.31. The number of para-hydroxylation sites is 1. The highest BCUT2D eigenvalue weighted by atomic mass is 35.5. The number of nitrogens with one attached hydrogen (secondary N) is 1. The van der Waals surface area contributed by atoms with Gasteiger partial charge in [0.15, 0.2) is 5.71 Å². The summed E-state index contributed by atoms with van der Waals surface area (Å²) in [5.74, 6) is -0.248. The van der Waals surface area contributed by atoms with Gasteiger partial charge in [-0.05, 0) is 12.1 Å². The Bertz CT molecular complexity index is 737. The van der Waals surface area contributed by atoms with E-state index in [2.05, 4.69) is 15.5 Å². The van der Waals surface area contributed by atoms with Crippen LogP contribution in [0.1, 0.15) is 11.1 Å². The van der Waals surface area contributed by atoms with Gasteiger partial charge in [-0.15, -0.1) is 5.10 Å². The summed E-state index contributed by atoms with van der Waals surface area (Å²) in [7, 11) is 0. The summed E-state index contributed by atoms with van der Waals surface area (Å²) in [6, 6.07) is 14.7. The molecule has 4 nitrogen and oxygen atoms in total. The number of fused-ring (bicyclic) bond motifs is 1. The summed E-state index contributed by atoms with van der Waals surface area (Å²) in [4.78, 5) is 11.8. The third-order valence-electron chi connectivity index (χ3n) is 2.91. The Morgan fingerprint density at radius 1 is 1.05 bits per heavy atom. The number of nitrogens with zero attached hydrogens (tertiary/aromatic N) is 2. The quantitative estimate of drug-likeness (QED) is 0.668. The van der Waals surface area contributed by atoms with E-state index in [4.69, 9.17) is 11.6 Å². The van der Waals surface area contributed by atoms with Crippen LogP contribution in [0.25, 0.3) is 0 Å². The van der Waals surface area contributed by atoms with Crippen molar-refractivity contribution in [3.63, 3.8) is 0 Å². The van der Waals surface area contributed by atoms with Crippen molar-refractivity contribution in [3.05, 3.63) is 64.7 Å². The number of anilines is 1. The molecule has 3 rings (SSSR count). The molecule has 98 valence electrons. The molecular weight excluding hydrogens is 274 g/mol. The van der Waals surface area contributed by atoms with Gasteiger partial charge in [0.1, 0.15) is 0 Å². The van der Waals surface area contributed by atoms with Crippen LogP contribution >= 0.6 is 11.6 Å². The Labute approximate surface area is 120 Å². The number of hydrogen-bond donors (Lipinski definition) is 1. The van der Waals surface area contributed by atoms with E-state index in [0.717, 1.165) is 16.8 Å². The summed E-state index contributed by atoms with van der Waals surface area (Å²) < 4.78 is 0. The van der Waals surface area contributed by atoms with Gasteiger partial charge >= 0.3 is 0 Å². The van der Waals surface area contributed by atoms with Crippen LogP contribution < -0.4 is 5.32 Å². The van der Waals surface area contributed by atoms with E-state index < -0.39 is 0 Å².